The first-order valence-electron chi connectivity index (χ1n) is 12.0. The van der Waals surface area contributed by atoms with Crippen LogP contribution in [0.4, 0.5) is 19.0 Å². The summed E-state index contributed by atoms with van der Waals surface area (Å²) in [4.78, 5) is 27.1. The summed E-state index contributed by atoms with van der Waals surface area (Å²) >= 11 is 0. The Labute approximate surface area is 212 Å². The van der Waals surface area contributed by atoms with Crippen molar-refractivity contribution in [3.8, 4) is 11.4 Å². The molecule has 2 aromatic heterocycles. The van der Waals surface area contributed by atoms with E-state index in [1.165, 1.54) is 12.1 Å². The van der Waals surface area contributed by atoms with E-state index >= 15 is 0 Å². The highest BCUT2D eigenvalue weighted by Crippen LogP contribution is 2.33. The van der Waals surface area contributed by atoms with Crippen molar-refractivity contribution in [1.29, 1.82) is 0 Å². The summed E-state index contributed by atoms with van der Waals surface area (Å²) < 4.78 is 41.2. The molecule has 0 saturated heterocycles. The second kappa shape index (κ2) is 10.2. The number of nitrogens with zero attached hydrogens (tertiary/aromatic N) is 5. The lowest BCUT2D eigenvalue weighted by Gasteiger charge is -2.27. The zero-order valence-electron chi connectivity index (χ0n) is 21.0. The molecule has 10 heteroatoms. The van der Waals surface area contributed by atoms with Crippen LogP contribution in [-0.2, 0) is 12.7 Å². The molecule has 0 aliphatic rings. The van der Waals surface area contributed by atoms with Gasteiger partial charge in [-0.05, 0) is 44.0 Å². The molecule has 0 radical (unpaired) electrons. The molecule has 37 heavy (non-hydrogen) atoms. The second-order valence-electron chi connectivity index (χ2n) is 9.18. The van der Waals surface area contributed by atoms with Crippen LogP contribution < -0.4 is 4.90 Å². The molecule has 2 aromatic carbocycles. The number of hydrogen-bond acceptors (Lipinski definition) is 5. The average Bonchev–Trinajstić information content (AvgIpc) is 3.21. The van der Waals surface area contributed by atoms with E-state index < -0.39 is 17.7 Å². The van der Waals surface area contributed by atoms with Gasteiger partial charge in [-0.3, -0.25) is 0 Å². The number of aryl methyl sites for hydroxylation is 1. The van der Waals surface area contributed by atoms with Crippen LogP contribution >= 0.6 is 0 Å². The van der Waals surface area contributed by atoms with E-state index in [4.69, 9.17) is 4.98 Å². The molecular formula is C27H28F3N5O2. The fourth-order valence-corrected chi connectivity index (χ4v) is 4.32. The first-order chi connectivity index (χ1) is 17.5. The third-order valence-electron chi connectivity index (χ3n) is 6.38. The van der Waals surface area contributed by atoms with Gasteiger partial charge in [0, 0.05) is 25.2 Å². The Balaban J connectivity index is 1.97. The zero-order chi connectivity index (χ0) is 26.9. The smallest absolute Gasteiger partial charge is 0.416 e. The fraction of sp³-hybridized carbons (Fsp3) is 0.333. The summed E-state index contributed by atoms with van der Waals surface area (Å²) in [6.45, 7) is 6.22. The summed E-state index contributed by atoms with van der Waals surface area (Å²) in [5, 5.41) is 9.68. The van der Waals surface area contributed by atoms with Crippen molar-refractivity contribution in [2.75, 3.05) is 11.9 Å². The Kier molecular flexibility index (Phi) is 7.20. The molecule has 0 saturated carbocycles. The molecule has 0 bridgehead atoms. The minimum absolute atomic E-state index is 0.0431. The number of fused-ring (bicyclic) bond motifs is 1. The highest BCUT2D eigenvalue weighted by Gasteiger charge is 2.30. The van der Waals surface area contributed by atoms with E-state index in [1.807, 2.05) is 54.6 Å². The minimum atomic E-state index is -4.43. The predicted molar refractivity (Wildman–Crippen MR) is 136 cm³/mol. The van der Waals surface area contributed by atoms with Crippen LogP contribution in [-0.4, -0.2) is 43.7 Å². The highest BCUT2D eigenvalue weighted by molar-refractivity contribution is 5.92. The van der Waals surface area contributed by atoms with E-state index in [2.05, 4.69) is 16.9 Å². The molecule has 1 N–H and O–H groups in total. The number of benzene rings is 2. The van der Waals surface area contributed by atoms with E-state index in [0.717, 1.165) is 36.1 Å². The van der Waals surface area contributed by atoms with Crippen molar-refractivity contribution < 1.29 is 23.1 Å². The largest absolute Gasteiger partial charge is 0.475 e. The van der Waals surface area contributed by atoms with Gasteiger partial charge in [-0.1, -0.05) is 49.2 Å². The number of hydrogen-bond donors (Lipinski definition) is 1. The van der Waals surface area contributed by atoms with Gasteiger partial charge in [0.25, 0.3) is 0 Å². The topological polar surface area (TPSA) is 84.1 Å². The third-order valence-corrected chi connectivity index (χ3v) is 6.38. The number of rotatable bonds is 8. The summed E-state index contributed by atoms with van der Waals surface area (Å²) in [5.41, 5.74) is 2.40. The lowest BCUT2D eigenvalue weighted by molar-refractivity contribution is -0.137. The third kappa shape index (κ3) is 5.42. The average molecular weight is 512 g/mol. The second-order valence-corrected chi connectivity index (χ2v) is 9.18. The number of aromatic carboxylic acids is 1. The quantitative estimate of drug-likeness (QED) is 0.304. The SMILES string of the molecule is CCCC(C)N(C)c1nc(C(=O)O)nc2nc(-c3cccc(C)c3)n(Cc3ccc(C(F)(F)F)cc3)c12. The van der Waals surface area contributed by atoms with Crippen molar-refractivity contribution >= 4 is 23.0 Å². The van der Waals surface area contributed by atoms with Gasteiger partial charge < -0.3 is 14.6 Å². The van der Waals surface area contributed by atoms with Crippen molar-refractivity contribution in [2.24, 2.45) is 0 Å². The number of carboxylic acids is 1. The molecule has 4 rings (SSSR count). The number of alkyl halides is 3. The number of anilines is 1. The van der Waals surface area contributed by atoms with Crippen LogP contribution in [0.5, 0.6) is 0 Å². The van der Waals surface area contributed by atoms with Crippen LogP contribution in [0.2, 0.25) is 0 Å². The molecule has 7 nitrogen and oxygen atoms in total. The standard InChI is InChI=1S/C27H28F3N5O2/c1-5-7-17(3)34(4)25-21-22(31-23(33-25)26(36)37)32-24(19-9-6-8-16(2)14-19)35(21)15-18-10-12-20(13-11-18)27(28,29)30/h6,8-14,17H,5,7,15H2,1-4H3,(H,36,37). The normalized spacial score (nSPS) is 12.6. The summed E-state index contributed by atoms with van der Waals surface area (Å²) in [6.07, 6.45) is -2.66. The van der Waals surface area contributed by atoms with Crippen molar-refractivity contribution in [2.45, 2.75) is 52.4 Å². The Bertz CT molecular complexity index is 1430. The van der Waals surface area contributed by atoms with Crippen LogP contribution in [0.15, 0.2) is 48.5 Å². The molecule has 4 aromatic rings. The number of carboxylic acid groups (broad SMARTS) is 1. The van der Waals surface area contributed by atoms with E-state index in [-0.39, 0.29) is 24.1 Å². The molecule has 0 spiro atoms. The lowest BCUT2D eigenvalue weighted by Crippen LogP contribution is -2.30. The Morgan fingerprint density at radius 2 is 1.81 bits per heavy atom. The molecule has 1 unspecified atom stereocenters. The maximum Gasteiger partial charge on any atom is 0.416 e. The molecule has 2 heterocycles. The molecule has 0 aliphatic heterocycles. The number of imidazole rings is 1. The van der Waals surface area contributed by atoms with E-state index in [0.29, 0.717) is 22.7 Å². The van der Waals surface area contributed by atoms with Gasteiger partial charge in [0.1, 0.15) is 11.3 Å². The number of carbonyl (C=O) groups is 1. The van der Waals surface area contributed by atoms with Gasteiger partial charge in [0.2, 0.25) is 5.82 Å². The van der Waals surface area contributed by atoms with Crippen molar-refractivity contribution in [3.63, 3.8) is 0 Å². The lowest BCUT2D eigenvalue weighted by atomic mass is 10.1. The first kappa shape index (κ1) is 26.1. The van der Waals surface area contributed by atoms with Gasteiger partial charge in [-0.15, -0.1) is 0 Å². The Hall–Kier alpha value is -3.95. The summed E-state index contributed by atoms with van der Waals surface area (Å²) in [7, 11) is 1.84. The van der Waals surface area contributed by atoms with E-state index in [9.17, 15) is 23.1 Å². The van der Waals surface area contributed by atoms with Crippen LogP contribution in [0.25, 0.3) is 22.6 Å². The summed E-state index contributed by atoms with van der Waals surface area (Å²) in [5.74, 6) is -0.711. The van der Waals surface area contributed by atoms with Gasteiger partial charge in [0.05, 0.1) is 5.56 Å². The summed E-state index contributed by atoms with van der Waals surface area (Å²) in [6, 6.07) is 12.7. The maximum atomic E-state index is 13.1. The monoisotopic (exact) mass is 511 g/mol. The van der Waals surface area contributed by atoms with Crippen LogP contribution in [0, 0.1) is 6.92 Å². The first-order valence-corrected chi connectivity index (χ1v) is 12.0. The molecule has 0 fully saturated rings. The molecular weight excluding hydrogens is 483 g/mol. The Morgan fingerprint density at radius 3 is 2.41 bits per heavy atom. The number of aromatic nitrogens is 4. The molecule has 0 amide bonds. The van der Waals surface area contributed by atoms with Gasteiger partial charge in [-0.2, -0.15) is 13.2 Å². The Morgan fingerprint density at radius 1 is 1.11 bits per heavy atom. The van der Waals surface area contributed by atoms with E-state index in [1.54, 1.807) is 0 Å². The van der Waals surface area contributed by atoms with Gasteiger partial charge in [0.15, 0.2) is 11.5 Å². The fourth-order valence-electron chi connectivity index (χ4n) is 4.32. The highest BCUT2D eigenvalue weighted by atomic mass is 19.4. The zero-order valence-corrected chi connectivity index (χ0v) is 21.0. The van der Waals surface area contributed by atoms with Crippen LogP contribution in [0.1, 0.15) is 54.0 Å². The molecule has 0 aliphatic carbocycles. The molecule has 1 atom stereocenters. The van der Waals surface area contributed by atoms with Gasteiger partial charge in [-0.25, -0.2) is 19.7 Å². The van der Waals surface area contributed by atoms with Crippen LogP contribution in [0.3, 0.4) is 0 Å². The maximum absolute atomic E-state index is 13.1. The van der Waals surface area contributed by atoms with Crippen molar-refractivity contribution in [1.82, 2.24) is 19.5 Å². The van der Waals surface area contributed by atoms with Crippen molar-refractivity contribution in [3.05, 3.63) is 71.0 Å². The van der Waals surface area contributed by atoms with Gasteiger partial charge >= 0.3 is 12.1 Å². The minimum Gasteiger partial charge on any atom is -0.475 e. The number of halogens is 3. The molecule has 194 valence electrons. The predicted octanol–water partition coefficient (Wildman–Crippen LogP) is 6.19.